The summed E-state index contributed by atoms with van der Waals surface area (Å²) < 4.78 is 5.09. The monoisotopic (exact) mass is 249 g/mol. The van der Waals surface area contributed by atoms with Crippen LogP contribution >= 0.6 is 0 Å². The molecule has 5 N–H and O–H groups in total. The molecular formula is C11H23NO5. The SMILES string of the molecule is CCCC(C)NC[C@@H]1O[C@](O)(CO)[C@@H](O)[C@@H]1O. The van der Waals surface area contributed by atoms with Crippen LogP contribution in [-0.2, 0) is 4.74 Å². The van der Waals surface area contributed by atoms with Gasteiger partial charge in [-0.2, -0.15) is 0 Å². The predicted molar refractivity (Wildman–Crippen MR) is 61.3 cm³/mol. The summed E-state index contributed by atoms with van der Waals surface area (Å²) in [6, 6.07) is 0.274. The Morgan fingerprint density at radius 3 is 2.53 bits per heavy atom. The van der Waals surface area contributed by atoms with Gasteiger partial charge in [0.2, 0.25) is 5.79 Å². The molecule has 0 saturated carbocycles. The number of ether oxygens (including phenoxy) is 1. The molecule has 1 unspecified atom stereocenters. The van der Waals surface area contributed by atoms with Gasteiger partial charge in [0.15, 0.2) is 0 Å². The molecule has 0 aromatic rings. The zero-order valence-corrected chi connectivity index (χ0v) is 10.3. The van der Waals surface area contributed by atoms with Crippen LogP contribution < -0.4 is 5.32 Å². The van der Waals surface area contributed by atoms with Gasteiger partial charge in [0.05, 0.1) is 6.61 Å². The van der Waals surface area contributed by atoms with Gasteiger partial charge in [-0.3, -0.25) is 0 Å². The second-order valence-electron chi connectivity index (χ2n) is 4.69. The van der Waals surface area contributed by atoms with Crippen molar-refractivity contribution in [3.8, 4) is 0 Å². The lowest BCUT2D eigenvalue weighted by Crippen LogP contribution is -2.46. The molecule has 0 amide bonds. The van der Waals surface area contributed by atoms with Crippen LogP contribution in [0.3, 0.4) is 0 Å². The largest absolute Gasteiger partial charge is 0.391 e. The van der Waals surface area contributed by atoms with Gasteiger partial charge in [-0.05, 0) is 13.3 Å². The fraction of sp³-hybridized carbons (Fsp3) is 1.00. The minimum Gasteiger partial charge on any atom is -0.391 e. The third kappa shape index (κ3) is 3.37. The highest BCUT2D eigenvalue weighted by Gasteiger charge is 2.52. The first-order valence-corrected chi connectivity index (χ1v) is 6.05. The first-order valence-electron chi connectivity index (χ1n) is 6.05. The van der Waals surface area contributed by atoms with Gasteiger partial charge in [0.1, 0.15) is 18.3 Å². The Kier molecular flexibility index (Phi) is 5.30. The normalized spacial score (nSPS) is 39.5. The van der Waals surface area contributed by atoms with Gasteiger partial charge in [-0.1, -0.05) is 13.3 Å². The molecule has 5 atom stereocenters. The van der Waals surface area contributed by atoms with Gasteiger partial charge in [0, 0.05) is 12.6 Å². The molecule has 1 rings (SSSR count). The van der Waals surface area contributed by atoms with E-state index in [1.54, 1.807) is 0 Å². The number of aliphatic hydroxyl groups excluding tert-OH is 3. The highest BCUT2D eigenvalue weighted by molar-refractivity contribution is 4.96. The molecule has 1 saturated heterocycles. The maximum Gasteiger partial charge on any atom is 0.219 e. The fourth-order valence-electron chi connectivity index (χ4n) is 2.02. The van der Waals surface area contributed by atoms with Gasteiger partial charge >= 0.3 is 0 Å². The number of nitrogens with one attached hydrogen (secondary N) is 1. The molecule has 6 nitrogen and oxygen atoms in total. The van der Waals surface area contributed by atoms with E-state index in [0.717, 1.165) is 12.8 Å². The van der Waals surface area contributed by atoms with Crippen LogP contribution in [-0.4, -0.2) is 63.7 Å². The van der Waals surface area contributed by atoms with E-state index in [0.29, 0.717) is 6.54 Å². The van der Waals surface area contributed by atoms with Crippen molar-refractivity contribution >= 4 is 0 Å². The molecule has 0 aromatic heterocycles. The molecule has 1 aliphatic heterocycles. The van der Waals surface area contributed by atoms with Crippen LogP contribution in [0.15, 0.2) is 0 Å². The fourth-order valence-corrected chi connectivity index (χ4v) is 2.02. The van der Waals surface area contributed by atoms with E-state index in [9.17, 15) is 15.3 Å². The Bertz CT molecular complexity index is 240. The van der Waals surface area contributed by atoms with Gasteiger partial charge in [0.25, 0.3) is 0 Å². The smallest absolute Gasteiger partial charge is 0.219 e. The molecule has 0 radical (unpaired) electrons. The van der Waals surface area contributed by atoms with E-state index in [1.165, 1.54) is 0 Å². The van der Waals surface area contributed by atoms with Crippen molar-refractivity contribution in [3.63, 3.8) is 0 Å². The lowest BCUT2D eigenvalue weighted by molar-refractivity contribution is -0.245. The highest BCUT2D eigenvalue weighted by Crippen LogP contribution is 2.28. The van der Waals surface area contributed by atoms with Gasteiger partial charge < -0.3 is 30.5 Å². The van der Waals surface area contributed by atoms with Crippen molar-refractivity contribution in [2.75, 3.05) is 13.2 Å². The minimum absolute atomic E-state index is 0.274. The minimum atomic E-state index is -2.06. The van der Waals surface area contributed by atoms with Crippen LogP contribution in [0.4, 0.5) is 0 Å². The zero-order valence-electron chi connectivity index (χ0n) is 10.3. The maximum atomic E-state index is 9.68. The van der Waals surface area contributed by atoms with Crippen molar-refractivity contribution < 1.29 is 25.2 Å². The molecule has 0 spiro atoms. The van der Waals surface area contributed by atoms with E-state index in [1.807, 2.05) is 6.92 Å². The molecule has 1 aliphatic rings. The average molecular weight is 249 g/mol. The summed E-state index contributed by atoms with van der Waals surface area (Å²) >= 11 is 0. The van der Waals surface area contributed by atoms with Crippen molar-refractivity contribution in [1.82, 2.24) is 5.32 Å². The van der Waals surface area contributed by atoms with E-state index >= 15 is 0 Å². The molecule has 0 aromatic carbocycles. The van der Waals surface area contributed by atoms with Crippen LogP contribution in [0.5, 0.6) is 0 Å². The Morgan fingerprint density at radius 2 is 2.06 bits per heavy atom. The predicted octanol–water partition coefficient (Wildman–Crippen LogP) is -1.43. The van der Waals surface area contributed by atoms with Crippen LogP contribution in [0.2, 0.25) is 0 Å². The van der Waals surface area contributed by atoms with E-state index < -0.39 is 30.7 Å². The zero-order chi connectivity index (χ0) is 13.1. The number of hydrogen-bond donors (Lipinski definition) is 5. The summed E-state index contributed by atoms with van der Waals surface area (Å²) in [5, 5.41) is 41.0. The standard InChI is InChI=1S/C11H23NO5/c1-3-4-7(2)12-5-8-9(14)10(15)11(16,6-13)17-8/h7-10,12-16H,3-6H2,1-2H3/t7?,8-,9+,10-,11+/m0/s1. The summed E-state index contributed by atoms with van der Waals surface area (Å²) in [5.41, 5.74) is 0. The first kappa shape index (κ1) is 14.8. The first-order chi connectivity index (χ1) is 7.94. The van der Waals surface area contributed by atoms with E-state index in [-0.39, 0.29) is 6.04 Å². The molecule has 0 bridgehead atoms. The number of hydrogen-bond acceptors (Lipinski definition) is 6. The van der Waals surface area contributed by atoms with Gasteiger partial charge in [-0.25, -0.2) is 0 Å². The van der Waals surface area contributed by atoms with Crippen molar-refractivity contribution in [1.29, 1.82) is 0 Å². The van der Waals surface area contributed by atoms with Crippen molar-refractivity contribution in [2.24, 2.45) is 0 Å². The summed E-state index contributed by atoms with van der Waals surface area (Å²) in [4.78, 5) is 0. The topological polar surface area (TPSA) is 102 Å². The summed E-state index contributed by atoms with van der Waals surface area (Å²) in [7, 11) is 0. The highest BCUT2D eigenvalue weighted by atomic mass is 16.7. The summed E-state index contributed by atoms with van der Waals surface area (Å²) in [6.07, 6.45) is -1.36. The Balaban J connectivity index is 2.45. The molecule has 1 heterocycles. The lowest BCUT2D eigenvalue weighted by atomic mass is 10.1. The number of aliphatic hydroxyl groups is 4. The Hall–Kier alpha value is -0.240. The number of rotatable bonds is 6. The van der Waals surface area contributed by atoms with E-state index in [4.69, 9.17) is 9.84 Å². The third-order valence-corrected chi connectivity index (χ3v) is 3.14. The second-order valence-corrected chi connectivity index (χ2v) is 4.69. The average Bonchev–Trinajstić information content (AvgIpc) is 2.52. The lowest BCUT2D eigenvalue weighted by Gasteiger charge is -2.23. The molecular weight excluding hydrogens is 226 g/mol. The molecule has 102 valence electrons. The van der Waals surface area contributed by atoms with Gasteiger partial charge in [-0.15, -0.1) is 0 Å². The van der Waals surface area contributed by atoms with Crippen LogP contribution in [0.1, 0.15) is 26.7 Å². The van der Waals surface area contributed by atoms with Crippen molar-refractivity contribution in [3.05, 3.63) is 0 Å². The van der Waals surface area contributed by atoms with Crippen LogP contribution in [0, 0.1) is 0 Å². The Morgan fingerprint density at radius 1 is 1.41 bits per heavy atom. The summed E-state index contributed by atoms with van der Waals surface area (Å²) in [5.74, 6) is -2.06. The third-order valence-electron chi connectivity index (χ3n) is 3.14. The molecule has 0 aliphatic carbocycles. The maximum absolute atomic E-state index is 9.68. The second kappa shape index (κ2) is 6.08. The molecule has 1 fully saturated rings. The van der Waals surface area contributed by atoms with Crippen molar-refractivity contribution in [2.45, 2.75) is 56.8 Å². The Labute approximate surface area is 101 Å². The molecule has 17 heavy (non-hydrogen) atoms. The van der Waals surface area contributed by atoms with Crippen LogP contribution in [0.25, 0.3) is 0 Å². The van der Waals surface area contributed by atoms with E-state index in [2.05, 4.69) is 12.2 Å². The summed E-state index contributed by atoms with van der Waals surface area (Å²) in [6.45, 7) is 3.67. The molecule has 6 heteroatoms. The quantitative estimate of drug-likeness (QED) is 0.395.